The number of hydrogen-bond donors (Lipinski definition) is 2. The second-order valence-corrected chi connectivity index (χ2v) is 21.2. The van der Waals surface area contributed by atoms with Crippen LogP contribution in [0.5, 0.6) is 23.0 Å². The van der Waals surface area contributed by atoms with Crippen LogP contribution in [0.4, 0.5) is 0 Å². The zero-order valence-electron chi connectivity index (χ0n) is 40.9. The Kier molecular flexibility index (Phi) is 11.9. The topological polar surface area (TPSA) is 139 Å². The van der Waals surface area contributed by atoms with Gasteiger partial charge in [-0.1, -0.05) is 77.2 Å². The maximum Gasteiger partial charge on any atom is 0.191 e. The van der Waals surface area contributed by atoms with Crippen LogP contribution >= 0.6 is 0 Å². The van der Waals surface area contributed by atoms with Crippen LogP contribution in [0.3, 0.4) is 0 Å². The Morgan fingerprint density at radius 1 is 0.667 bits per heavy atom. The van der Waals surface area contributed by atoms with E-state index >= 15 is 0 Å². The van der Waals surface area contributed by atoms with Gasteiger partial charge in [-0.15, -0.1) is 0 Å². The molecule has 3 unspecified atom stereocenters. The number of benzene rings is 2. The lowest BCUT2D eigenvalue weighted by Crippen LogP contribution is -2.37. The molecule has 7 rings (SSSR count). The van der Waals surface area contributed by atoms with E-state index in [1.807, 2.05) is 41.5 Å². The lowest BCUT2D eigenvalue weighted by atomic mass is 9.70. The predicted molar refractivity (Wildman–Crippen MR) is 250 cm³/mol. The molecule has 4 N–H and O–H groups in total. The van der Waals surface area contributed by atoms with Crippen LogP contribution in [-0.4, -0.2) is 71.1 Å². The van der Waals surface area contributed by atoms with Crippen LogP contribution in [0.15, 0.2) is 56.6 Å². The highest BCUT2D eigenvalue weighted by Crippen LogP contribution is 2.68. The highest BCUT2D eigenvalue weighted by Gasteiger charge is 2.60. The first-order valence-electron chi connectivity index (χ1n) is 23.0. The van der Waals surface area contributed by atoms with Gasteiger partial charge in [0, 0.05) is 29.6 Å². The Balaban J connectivity index is 1.52. The van der Waals surface area contributed by atoms with Crippen molar-refractivity contribution in [1.29, 1.82) is 0 Å². The maximum atomic E-state index is 7.28. The molecule has 3 aliphatic carbocycles. The number of hydrogen-bond acceptors (Lipinski definition) is 10. The van der Waals surface area contributed by atoms with E-state index in [0.29, 0.717) is 40.7 Å². The van der Waals surface area contributed by atoms with Crippen molar-refractivity contribution in [1.82, 2.24) is 9.80 Å². The molecule has 0 bridgehead atoms. The number of nitrogens with two attached hydrogens (primary N) is 2. The molecule has 0 fully saturated rings. The van der Waals surface area contributed by atoms with E-state index in [2.05, 4.69) is 113 Å². The molecule has 0 saturated heterocycles. The first-order valence-corrected chi connectivity index (χ1v) is 23.0. The van der Waals surface area contributed by atoms with E-state index < -0.39 is 16.6 Å². The first-order chi connectivity index (χ1) is 29.4. The van der Waals surface area contributed by atoms with Crippen LogP contribution in [0.25, 0.3) is 0 Å². The Labute approximate surface area is 376 Å². The molecule has 2 aromatic rings. The minimum atomic E-state index is -0.597. The van der Waals surface area contributed by atoms with Crippen LogP contribution in [0, 0.1) is 0 Å². The smallest absolute Gasteiger partial charge is 0.191 e. The zero-order valence-corrected chi connectivity index (χ0v) is 40.9. The van der Waals surface area contributed by atoms with Crippen molar-refractivity contribution in [2.24, 2.45) is 21.8 Å². The molecule has 3 atom stereocenters. The van der Waals surface area contributed by atoms with Gasteiger partial charge in [-0.2, -0.15) is 0 Å². The van der Waals surface area contributed by atoms with Crippen molar-refractivity contribution in [2.45, 2.75) is 176 Å². The van der Waals surface area contributed by atoms with Crippen LogP contribution < -0.4 is 30.4 Å². The molecule has 0 amide bonds. The van der Waals surface area contributed by atoms with Crippen molar-refractivity contribution >= 4 is 11.7 Å². The third kappa shape index (κ3) is 8.36. The highest BCUT2D eigenvalue weighted by atomic mass is 16.7. The van der Waals surface area contributed by atoms with Gasteiger partial charge in [0.05, 0.1) is 0 Å². The second kappa shape index (κ2) is 16.3. The summed E-state index contributed by atoms with van der Waals surface area (Å²) in [5.74, 6) is 3.63. The fraction of sp³-hybridized carbons (Fsp3) is 0.608. The summed E-state index contributed by atoms with van der Waals surface area (Å²) in [6.45, 7) is 38.9. The van der Waals surface area contributed by atoms with Gasteiger partial charge in [-0.3, -0.25) is 9.80 Å². The number of fused-ring (bicyclic) bond motifs is 6. The van der Waals surface area contributed by atoms with Gasteiger partial charge in [0.25, 0.3) is 0 Å². The van der Waals surface area contributed by atoms with Crippen molar-refractivity contribution in [3.8, 4) is 23.0 Å². The molecule has 5 aliphatic rings. The molecule has 2 aromatic carbocycles. The molecular formula is C51H72N6O6. The average Bonchev–Trinajstić information content (AvgIpc) is 3.56. The summed E-state index contributed by atoms with van der Waals surface area (Å²) >= 11 is 0. The van der Waals surface area contributed by atoms with Crippen molar-refractivity contribution < 1.29 is 28.6 Å². The molecule has 63 heavy (non-hydrogen) atoms. The lowest BCUT2D eigenvalue weighted by Gasteiger charge is -2.38. The van der Waals surface area contributed by atoms with Gasteiger partial charge in [-0.25, -0.2) is 0 Å². The summed E-state index contributed by atoms with van der Waals surface area (Å²) in [5.41, 5.74) is 25.8. The Hall–Kier alpha value is -4.86. The van der Waals surface area contributed by atoms with Gasteiger partial charge in [0.2, 0.25) is 0 Å². The van der Waals surface area contributed by atoms with Gasteiger partial charge in [-0.05, 0) is 140 Å². The van der Waals surface area contributed by atoms with Crippen LogP contribution in [0.1, 0.15) is 157 Å². The van der Waals surface area contributed by atoms with Gasteiger partial charge >= 0.3 is 0 Å². The minimum Gasteiger partial charge on any atom is -0.483 e. The number of oxime groups is 2. The summed E-state index contributed by atoms with van der Waals surface area (Å²) in [6.07, 6.45) is 1.61. The third-order valence-electron chi connectivity index (χ3n) is 13.2. The Morgan fingerprint density at radius 3 is 1.52 bits per heavy atom. The maximum absolute atomic E-state index is 7.28. The largest absolute Gasteiger partial charge is 0.483 e. The number of rotatable bonds is 12. The van der Waals surface area contributed by atoms with E-state index in [9.17, 15) is 0 Å². The molecule has 2 aliphatic heterocycles. The normalized spacial score (nSPS) is 23.2. The summed E-state index contributed by atoms with van der Waals surface area (Å²) in [4.78, 5) is 16.5. The van der Waals surface area contributed by atoms with E-state index in [1.54, 1.807) is 0 Å². The van der Waals surface area contributed by atoms with Gasteiger partial charge in [0.15, 0.2) is 46.2 Å². The standard InChI is InChI=1S/C51H72N6O6/c1-17-56(18-2)25-33-39-35(23-37-41(33)59-30(6)29(5)58-37)49(13,14)27-51(39)28-50(15,16)36-24-38-42(34(40(36)51)26-57(19-3)20-4)61-44-32(46(53)55-63-48(10,11)12)22-21-31(43(44)60-38)45(52)54-62-47(7,8)9/h23-24,29-30H,17-20,25-28H2,1-16H3,(H2,52,54)(H2,53,55). The molecule has 0 saturated carbocycles. The lowest BCUT2D eigenvalue weighted by molar-refractivity contribution is 0.000419. The number of amidine groups is 2. The molecule has 0 radical (unpaired) electrons. The summed E-state index contributed by atoms with van der Waals surface area (Å²) in [6, 6.07) is 4.50. The Bertz CT molecular complexity index is 2370. The van der Waals surface area contributed by atoms with Gasteiger partial charge < -0.3 is 40.1 Å². The van der Waals surface area contributed by atoms with E-state index in [4.69, 9.17) is 40.1 Å². The van der Waals surface area contributed by atoms with Crippen molar-refractivity contribution in [2.75, 3.05) is 26.2 Å². The predicted octanol–water partition coefficient (Wildman–Crippen LogP) is 9.34. The molecule has 1 spiro atoms. The van der Waals surface area contributed by atoms with E-state index in [0.717, 1.165) is 62.6 Å². The molecule has 12 nitrogen and oxygen atoms in total. The molecule has 0 aromatic heterocycles. The van der Waals surface area contributed by atoms with Crippen LogP contribution in [-0.2, 0) is 39.0 Å². The number of nitrogens with zero attached hydrogens (tertiary/aromatic N) is 4. The fourth-order valence-electron chi connectivity index (χ4n) is 10.1. The highest BCUT2D eigenvalue weighted by molar-refractivity contribution is 6.05. The molecule has 12 heteroatoms. The quantitative estimate of drug-likeness (QED) is 0.0919. The van der Waals surface area contributed by atoms with Crippen molar-refractivity contribution in [3.63, 3.8) is 0 Å². The molecular weight excluding hydrogens is 793 g/mol. The van der Waals surface area contributed by atoms with Crippen molar-refractivity contribution in [3.05, 3.63) is 79.6 Å². The summed E-state index contributed by atoms with van der Waals surface area (Å²) < 4.78 is 28.0. The van der Waals surface area contributed by atoms with Gasteiger partial charge in [0.1, 0.15) is 34.6 Å². The summed E-state index contributed by atoms with van der Waals surface area (Å²) in [5, 5.41) is 8.61. The fourth-order valence-corrected chi connectivity index (χ4v) is 10.1. The average molecular weight is 865 g/mol. The van der Waals surface area contributed by atoms with Crippen LogP contribution in [0.2, 0.25) is 0 Å². The monoisotopic (exact) mass is 865 g/mol. The third-order valence-corrected chi connectivity index (χ3v) is 13.2. The second-order valence-electron chi connectivity index (χ2n) is 21.2. The molecule has 342 valence electrons. The van der Waals surface area contributed by atoms with E-state index in [-0.39, 0.29) is 34.7 Å². The number of ether oxygens (including phenoxy) is 4. The SMILES string of the molecule is CCN(CC)Cc1c2c(cc3c1C1(CC3(C)C)CC(C)(C)c3cc4c(c(CN(CC)CC)c31)OC(C)C(C)O4)OC1=C(O2)C(/C(N)=N/OC(C)(C)C)=C=C=C1/C(N)=N/OC(C)(C)C. The minimum absolute atomic E-state index is 0.0598. The Morgan fingerprint density at radius 2 is 1.08 bits per heavy atom. The van der Waals surface area contributed by atoms with E-state index in [1.165, 1.54) is 27.8 Å². The summed E-state index contributed by atoms with van der Waals surface area (Å²) in [7, 11) is 0. The molecule has 2 heterocycles. The first kappa shape index (κ1) is 46.1. The zero-order chi connectivity index (χ0) is 46.2.